The molecule has 13 aromatic rings. The SMILES string of the molecule is c1ccc(C2(c3ccccc3)c3ccccc3-c3ccc(N(c4ccc(-c5cccc(-c6ccc7c(c6)c6ccccc6n7-c6ccc7ccccc7c6)c5)cc4)c4cccc5ccccc45)cc32)cc1. The summed E-state index contributed by atoms with van der Waals surface area (Å²) in [6.07, 6.45) is 0. The standard InChI is InChI=1S/C69H46N2/c1-3-23-54(24-4-1)69(55-25-5-2-6-26-55)64-30-13-11-28-60(64)61-41-40-58(46-65(61)69)70(66-32-16-20-49-18-9-10-27-59(49)66)56-37-33-48(34-38-56)50-21-15-22-51(43-50)53-36-42-68-63(45-53)62-29-12-14-31-67(62)71(68)57-39-35-47-17-7-8-19-52(47)44-57/h1-46H. The van der Waals surface area contributed by atoms with Crippen molar-refractivity contribution < 1.29 is 0 Å². The topological polar surface area (TPSA) is 8.17 Å². The average Bonchev–Trinajstić information content (AvgIpc) is 3.94. The van der Waals surface area contributed by atoms with Crippen LogP contribution in [0.15, 0.2) is 279 Å². The van der Waals surface area contributed by atoms with Crippen LogP contribution in [0.2, 0.25) is 0 Å². The molecule has 1 aliphatic rings. The van der Waals surface area contributed by atoms with Gasteiger partial charge in [0.15, 0.2) is 0 Å². The Morgan fingerprint density at radius 1 is 0.296 bits per heavy atom. The lowest BCUT2D eigenvalue weighted by molar-refractivity contribution is 0.768. The molecule has 71 heavy (non-hydrogen) atoms. The number of rotatable bonds is 8. The van der Waals surface area contributed by atoms with E-state index in [1.807, 2.05) is 0 Å². The molecule has 0 fully saturated rings. The van der Waals surface area contributed by atoms with Crippen molar-refractivity contribution in [2.75, 3.05) is 4.90 Å². The lowest BCUT2D eigenvalue weighted by atomic mass is 9.67. The molecule has 2 heteroatoms. The van der Waals surface area contributed by atoms with Gasteiger partial charge in [-0.25, -0.2) is 0 Å². The van der Waals surface area contributed by atoms with Crippen LogP contribution in [0.25, 0.3) is 82.4 Å². The van der Waals surface area contributed by atoms with Gasteiger partial charge in [0, 0.05) is 33.2 Å². The summed E-state index contributed by atoms with van der Waals surface area (Å²) in [7, 11) is 0. The maximum absolute atomic E-state index is 2.46. The lowest BCUT2D eigenvalue weighted by Gasteiger charge is -2.35. The quantitative estimate of drug-likeness (QED) is 0.147. The van der Waals surface area contributed by atoms with E-state index in [-0.39, 0.29) is 0 Å². The second kappa shape index (κ2) is 16.5. The van der Waals surface area contributed by atoms with Gasteiger partial charge in [0.25, 0.3) is 0 Å². The maximum Gasteiger partial charge on any atom is 0.0714 e. The van der Waals surface area contributed by atoms with Gasteiger partial charge in [-0.15, -0.1) is 0 Å². The summed E-state index contributed by atoms with van der Waals surface area (Å²) in [4.78, 5) is 2.45. The van der Waals surface area contributed by atoms with Crippen LogP contribution in [0.5, 0.6) is 0 Å². The number of hydrogen-bond acceptors (Lipinski definition) is 1. The highest BCUT2D eigenvalue weighted by Gasteiger charge is 2.46. The Kier molecular flexibility index (Phi) is 9.47. The van der Waals surface area contributed by atoms with E-state index in [2.05, 4.69) is 289 Å². The van der Waals surface area contributed by atoms with Gasteiger partial charge in [0.2, 0.25) is 0 Å². The van der Waals surface area contributed by atoms with Gasteiger partial charge in [-0.05, 0) is 139 Å². The summed E-state index contributed by atoms with van der Waals surface area (Å²) in [6.45, 7) is 0. The first kappa shape index (κ1) is 40.8. The first-order valence-electron chi connectivity index (χ1n) is 24.6. The van der Waals surface area contributed by atoms with Crippen LogP contribution in [0.1, 0.15) is 22.3 Å². The summed E-state index contributed by atoms with van der Waals surface area (Å²) < 4.78 is 2.41. The molecule has 1 aromatic heterocycles. The second-order valence-corrected chi connectivity index (χ2v) is 18.8. The number of anilines is 3. The van der Waals surface area contributed by atoms with Gasteiger partial charge in [-0.3, -0.25) is 0 Å². The van der Waals surface area contributed by atoms with Gasteiger partial charge in [-0.1, -0.05) is 212 Å². The second-order valence-electron chi connectivity index (χ2n) is 18.8. The molecule has 0 aliphatic heterocycles. The third kappa shape index (κ3) is 6.49. The highest BCUT2D eigenvalue weighted by Crippen LogP contribution is 2.57. The van der Waals surface area contributed by atoms with E-state index in [4.69, 9.17) is 0 Å². The third-order valence-corrected chi connectivity index (χ3v) is 15.0. The van der Waals surface area contributed by atoms with E-state index in [9.17, 15) is 0 Å². The van der Waals surface area contributed by atoms with E-state index in [0.29, 0.717) is 0 Å². The van der Waals surface area contributed by atoms with E-state index in [1.54, 1.807) is 0 Å². The molecular weight excluding hydrogens is 857 g/mol. The van der Waals surface area contributed by atoms with Crippen LogP contribution >= 0.6 is 0 Å². The number of benzene rings is 12. The van der Waals surface area contributed by atoms with Crippen LogP contribution in [-0.2, 0) is 5.41 Å². The molecule has 1 heterocycles. The first-order chi connectivity index (χ1) is 35.2. The largest absolute Gasteiger partial charge is 0.310 e. The van der Waals surface area contributed by atoms with Gasteiger partial charge in [0.1, 0.15) is 0 Å². The molecule has 332 valence electrons. The van der Waals surface area contributed by atoms with Crippen molar-refractivity contribution in [2.24, 2.45) is 0 Å². The van der Waals surface area contributed by atoms with Crippen LogP contribution in [0.4, 0.5) is 17.1 Å². The Hall–Kier alpha value is -9.24. The first-order valence-corrected chi connectivity index (χ1v) is 24.6. The highest BCUT2D eigenvalue weighted by molar-refractivity contribution is 6.11. The van der Waals surface area contributed by atoms with Crippen LogP contribution < -0.4 is 4.90 Å². The predicted molar refractivity (Wildman–Crippen MR) is 299 cm³/mol. The van der Waals surface area contributed by atoms with Gasteiger partial charge >= 0.3 is 0 Å². The molecule has 0 bridgehead atoms. The zero-order chi connectivity index (χ0) is 46.9. The molecule has 1 aliphatic carbocycles. The van der Waals surface area contributed by atoms with E-state index in [0.717, 1.165) is 17.1 Å². The molecule has 0 spiro atoms. The minimum Gasteiger partial charge on any atom is -0.310 e. The Morgan fingerprint density at radius 3 is 1.68 bits per heavy atom. The lowest BCUT2D eigenvalue weighted by Crippen LogP contribution is -2.28. The Morgan fingerprint density at radius 2 is 0.873 bits per heavy atom. The predicted octanol–water partition coefficient (Wildman–Crippen LogP) is 18.3. The van der Waals surface area contributed by atoms with Crippen molar-refractivity contribution in [1.82, 2.24) is 4.57 Å². The molecular formula is C69H46N2. The summed E-state index contributed by atoms with van der Waals surface area (Å²) in [5, 5.41) is 7.38. The summed E-state index contributed by atoms with van der Waals surface area (Å²) >= 11 is 0. The monoisotopic (exact) mass is 902 g/mol. The Balaban J connectivity index is 0.879. The average molecular weight is 903 g/mol. The van der Waals surface area contributed by atoms with Crippen LogP contribution in [-0.4, -0.2) is 4.57 Å². The Labute approximate surface area is 413 Å². The molecule has 0 radical (unpaired) electrons. The van der Waals surface area contributed by atoms with Crippen LogP contribution in [0.3, 0.4) is 0 Å². The van der Waals surface area contributed by atoms with E-state index in [1.165, 1.54) is 105 Å². The summed E-state index contributed by atoms with van der Waals surface area (Å²) in [6, 6.07) is 103. The van der Waals surface area contributed by atoms with E-state index >= 15 is 0 Å². The molecule has 0 saturated carbocycles. The van der Waals surface area contributed by atoms with Crippen molar-refractivity contribution in [3.05, 3.63) is 301 Å². The number of para-hydroxylation sites is 1. The summed E-state index contributed by atoms with van der Waals surface area (Å²) in [5.74, 6) is 0. The van der Waals surface area contributed by atoms with Crippen LogP contribution in [0, 0.1) is 0 Å². The fraction of sp³-hybridized carbons (Fsp3) is 0.0145. The van der Waals surface area contributed by atoms with Crippen molar-refractivity contribution in [3.8, 4) is 39.1 Å². The zero-order valence-corrected chi connectivity index (χ0v) is 39.0. The fourth-order valence-corrected chi connectivity index (χ4v) is 11.8. The maximum atomic E-state index is 2.46. The van der Waals surface area contributed by atoms with Crippen molar-refractivity contribution in [2.45, 2.75) is 5.41 Å². The minimum absolute atomic E-state index is 0.511. The zero-order valence-electron chi connectivity index (χ0n) is 39.0. The van der Waals surface area contributed by atoms with Crippen molar-refractivity contribution in [3.63, 3.8) is 0 Å². The minimum atomic E-state index is -0.511. The van der Waals surface area contributed by atoms with E-state index < -0.39 is 5.41 Å². The van der Waals surface area contributed by atoms with Gasteiger partial charge in [-0.2, -0.15) is 0 Å². The van der Waals surface area contributed by atoms with Gasteiger partial charge in [0.05, 0.1) is 22.1 Å². The molecule has 14 rings (SSSR count). The molecule has 12 aromatic carbocycles. The number of nitrogens with zero attached hydrogens (tertiary/aromatic N) is 2. The number of fused-ring (bicyclic) bond motifs is 8. The third-order valence-electron chi connectivity index (χ3n) is 15.0. The number of hydrogen-bond donors (Lipinski definition) is 0. The molecule has 0 N–H and O–H groups in total. The molecule has 2 nitrogen and oxygen atoms in total. The van der Waals surface area contributed by atoms with Gasteiger partial charge < -0.3 is 9.47 Å². The smallest absolute Gasteiger partial charge is 0.0714 e. The number of aromatic nitrogens is 1. The molecule has 0 unspecified atom stereocenters. The summed E-state index contributed by atoms with van der Waals surface area (Å²) in [5.41, 5.74) is 18.8. The molecule has 0 amide bonds. The van der Waals surface area contributed by atoms with Crippen molar-refractivity contribution in [1.29, 1.82) is 0 Å². The normalized spacial score (nSPS) is 12.6. The molecule has 0 saturated heterocycles. The fourth-order valence-electron chi connectivity index (χ4n) is 11.8. The molecule has 0 atom stereocenters. The van der Waals surface area contributed by atoms with Crippen molar-refractivity contribution >= 4 is 60.4 Å². The Bertz CT molecular complexity index is 4120. The highest BCUT2D eigenvalue weighted by atomic mass is 15.1.